The van der Waals surface area contributed by atoms with E-state index in [1.807, 2.05) is 5.32 Å². The minimum absolute atomic E-state index is 0.445. The van der Waals surface area contributed by atoms with E-state index in [0.29, 0.717) is 6.07 Å². The van der Waals surface area contributed by atoms with Crippen LogP contribution in [0, 0.1) is 40.7 Å². The van der Waals surface area contributed by atoms with E-state index in [0.717, 1.165) is 36.4 Å². The topological polar surface area (TPSA) is 80.0 Å². The summed E-state index contributed by atoms with van der Waals surface area (Å²) >= 11 is 0. The minimum Gasteiger partial charge on any atom is -0.381 e. The van der Waals surface area contributed by atoms with Crippen molar-refractivity contribution in [3.8, 4) is 0 Å². The molecule has 0 spiro atoms. The van der Waals surface area contributed by atoms with Crippen LogP contribution < -0.4 is 5.32 Å². The first kappa shape index (κ1) is 23.2. The zero-order chi connectivity index (χ0) is 23.8. The molecule has 0 fully saturated rings. The summed E-state index contributed by atoms with van der Waals surface area (Å²) in [5.74, 6) is -15.9. The average molecular weight is 462 g/mol. The van der Waals surface area contributed by atoms with Gasteiger partial charge in [0.1, 0.15) is 35.5 Å². The highest BCUT2D eigenvalue weighted by Gasteiger charge is 2.41. The summed E-state index contributed by atoms with van der Waals surface area (Å²) in [4.78, 5) is 16.0. The molecule has 2 N–H and O–H groups in total. The molecule has 32 heavy (non-hydrogen) atoms. The molecule has 1 heterocycles. The van der Waals surface area contributed by atoms with Crippen LogP contribution in [0.25, 0.3) is 0 Å². The standard InChI is InChI=1S/C19H13F7N4O2/c1-8(29-18(31)12-13(22)15(24)17(26)16(25)14(12)23)19(32,5-30-7-27-6-28-30)10-3-2-9(20)4-11(10)21/h2-4,6-8,32H,5H2,1H3,(H,29,31)/t8-,19?/m1/s1. The SMILES string of the molecule is C[C@@H](NC(=O)c1c(F)c(F)c(F)c(F)c1F)C(O)(Cn1cncn1)c1ccc(F)cc1F. The lowest BCUT2D eigenvalue weighted by Gasteiger charge is -2.35. The molecule has 0 aliphatic rings. The van der Waals surface area contributed by atoms with Crippen molar-refractivity contribution < 1.29 is 40.6 Å². The number of hydrogen-bond acceptors (Lipinski definition) is 4. The van der Waals surface area contributed by atoms with Crippen molar-refractivity contribution >= 4 is 5.91 Å². The van der Waals surface area contributed by atoms with Gasteiger partial charge in [-0.2, -0.15) is 5.10 Å². The largest absolute Gasteiger partial charge is 0.381 e. The van der Waals surface area contributed by atoms with Crippen molar-refractivity contribution in [2.45, 2.75) is 25.1 Å². The molecule has 3 rings (SSSR count). The number of carbonyl (C=O) groups excluding carboxylic acids is 1. The third kappa shape index (κ3) is 4.02. The summed E-state index contributed by atoms with van der Waals surface area (Å²) in [7, 11) is 0. The normalized spacial score (nSPS) is 14.2. The van der Waals surface area contributed by atoms with Gasteiger partial charge in [-0.15, -0.1) is 0 Å². The minimum atomic E-state index is -2.46. The average Bonchev–Trinajstić information content (AvgIpc) is 3.23. The molecule has 6 nitrogen and oxygen atoms in total. The lowest BCUT2D eigenvalue weighted by atomic mass is 9.86. The van der Waals surface area contributed by atoms with Gasteiger partial charge >= 0.3 is 0 Å². The highest BCUT2D eigenvalue weighted by atomic mass is 19.2. The Kier molecular flexibility index (Phi) is 6.21. The van der Waals surface area contributed by atoms with E-state index in [1.165, 1.54) is 0 Å². The molecular weight excluding hydrogens is 449 g/mol. The molecule has 0 saturated carbocycles. The predicted octanol–water partition coefficient (Wildman–Crippen LogP) is 2.96. The van der Waals surface area contributed by atoms with Crippen molar-refractivity contribution in [1.82, 2.24) is 20.1 Å². The van der Waals surface area contributed by atoms with Gasteiger partial charge in [-0.3, -0.25) is 4.79 Å². The van der Waals surface area contributed by atoms with Crippen molar-refractivity contribution in [1.29, 1.82) is 0 Å². The Morgan fingerprint density at radius 1 is 1.06 bits per heavy atom. The second kappa shape index (κ2) is 8.57. The lowest BCUT2D eigenvalue weighted by Crippen LogP contribution is -2.52. The van der Waals surface area contributed by atoms with Gasteiger partial charge in [0.05, 0.1) is 12.6 Å². The molecule has 2 aromatic carbocycles. The van der Waals surface area contributed by atoms with E-state index >= 15 is 0 Å². The number of benzene rings is 2. The van der Waals surface area contributed by atoms with Crippen molar-refractivity contribution in [3.05, 3.63) is 82.7 Å². The second-order valence-electron chi connectivity index (χ2n) is 6.78. The smallest absolute Gasteiger partial charge is 0.257 e. The number of halogens is 7. The van der Waals surface area contributed by atoms with Crippen molar-refractivity contribution in [3.63, 3.8) is 0 Å². The van der Waals surface area contributed by atoms with Gasteiger partial charge in [-0.25, -0.2) is 40.4 Å². The molecule has 3 aromatic rings. The van der Waals surface area contributed by atoms with Gasteiger partial charge in [-0.1, -0.05) is 6.07 Å². The maximum Gasteiger partial charge on any atom is 0.257 e. The highest BCUT2D eigenvalue weighted by Crippen LogP contribution is 2.31. The molecule has 1 amide bonds. The first-order chi connectivity index (χ1) is 15.0. The first-order valence-electron chi connectivity index (χ1n) is 8.80. The zero-order valence-electron chi connectivity index (χ0n) is 16.0. The molecule has 2 atom stereocenters. The molecule has 0 aliphatic carbocycles. The number of amides is 1. The summed E-state index contributed by atoms with van der Waals surface area (Å²) < 4.78 is 96.9. The van der Waals surface area contributed by atoms with Crippen LogP contribution in [-0.4, -0.2) is 31.8 Å². The van der Waals surface area contributed by atoms with E-state index in [9.17, 15) is 40.6 Å². The Hall–Kier alpha value is -3.48. The van der Waals surface area contributed by atoms with Crippen LogP contribution in [0.1, 0.15) is 22.8 Å². The summed E-state index contributed by atoms with van der Waals surface area (Å²) in [5, 5.41) is 16.8. The van der Waals surface area contributed by atoms with Gasteiger partial charge in [0.15, 0.2) is 23.3 Å². The fourth-order valence-corrected chi connectivity index (χ4v) is 3.05. The summed E-state index contributed by atoms with van der Waals surface area (Å²) in [6, 6.07) is 0.501. The van der Waals surface area contributed by atoms with Crippen LogP contribution in [-0.2, 0) is 12.1 Å². The lowest BCUT2D eigenvalue weighted by molar-refractivity contribution is -0.0187. The van der Waals surface area contributed by atoms with Crippen molar-refractivity contribution in [2.24, 2.45) is 0 Å². The van der Waals surface area contributed by atoms with E-state index < -0.39 is 75.9 Å². The fourth-order valence-electron chi connectivity index (χ4n) is 3.05. The summed E-state index contributed by atoms with van der Waals surface area (Å²) in [6.45, 7) is 0.484. The van der Waals surface area contributed by atoms with E-state index in [1.54, 1.807) is 0 Å². The summed E-state index contributed by atoms with van der Waals surface area (Å²) in [6.07, 6.45) is 2.19. The van der Waals surface area contributed by atoms with Gasteiger partial charge in [-0.05, 0) is 13.0 Å². The van der Waals surface area contributed by atoms with Crippen LogP contribution in [0.5, 0.6) is 0 Å². The summed E-state index contributed by atoms with van der Waals surface area (Å²) in [5.41, 5.74) is -4.76. The number of hydrogen-bond donors (Lipinski definition) is 2. The molecule has 0 radical (unpaired) electrons. The highest BCUT2D eigenvalue weighted by molar-refractivity contribution is 5.95. The maximum atomic E-state index is 14.5. The molecule has 0 saturated heterocycles. The number of carbonyl (C=O) groups is 1. The van der Waals surface area contributed by atoms with Gasteiger partial charge < -0.3 is 10.4 Å². The third-order valence-corrected chi connectivity index (χ3v) is 4.77. The van der Waals surface area contributed by atoms with Crippen LogP contribution in [0.15, 0.2) is 30.9 Å². The molecular formula is C19H13F7N4O2. The first-order valence-corrected chi connectivity index (χ1v) is 8.80. The van der Waals surface area contributed by atoms with E-state index in [-0.39, 0.29) is 0 Å². The van der Waals surface area contributed by atoms with Gasteiger partial charge in [0.2, 0.25) is 5.82 Å². The number of rotatable bonds is 6. The van der Waals surface area contributed by atoms with E-state index in [2.05, 4.69) is 10.1 Å². The Morgan fingerprint density at radius 2 is 1.66 bits per heavy atom. The van der Waals surface area contributed by atoms with Gasteiger partial charge in [0, 0.05) is 11.6 Å². The number of aromatic nitrogens is 3. The molecule has 13 heteroatoms. The number of nitrogens with zero attached hydrogens (tertiary/aromatic N) is 3. The molecule has 170 valence electrons. The Bertz CT molecular complexity index is 1140. The van der Waals surface area contributed by atoms with E-state index in [4.69, 9.17) is 0 Å². The Morgan fingerprint density at radius 3 is 2.19 bits per heavy atom. The molecule has 0 aliphatic heterocycles. The number of aliphatic hydroxyl groups is 1. The van der Waals surface area contributed by atoms with Gasteiger partial charge in [0.25, 0.3) is 5.91 Å². The quantitative estimate of drug-likeness (QED) is 0.336. The van der Waals surface area contributed by atoms with Crippen LogP contribution in [0.3, 0.4) is 0 Å². The monoisotopic (exact) mass is 462 g/mol. The predicted molar refractivity (Wildman–Crippen MR) is 93.4 cm³/mol. The third-order valence-electron chi connectivity index (χ3n) is 4.77. The van der Waals surface area contributed by atoms with Crippen molar-refractivity contribution in [2.75, 3.05) is 0 Å². The van der Waals surface area contributed by atoms with Crippen LogP contribution >= 0.6 is 0 Å². The van der Waals surface area contributed by atoms with Crippen LogP contribution in [0.2, 0.25) is 0 Å². The van der Waals surface area contributed by atoms with Crippen LogP contribution in [0.4, 0.5) is 30.7 Å². The zero-order valence-corrected chi connectivity index (χ0v) is 16.0. The molecule has 1 aromatic heterocycles. The second-order valence-corrected chi connectivity index (χ2v) is 6.78. The molecule has 1 unspecified atom stereocenters. The Balaban J connectivity index is 2.03. The maximum absolute atomic E-state index is 14.5. The fraction of sp³-hybridized carbons (Fsp3) is 0.211. The molecule has 0 bridgehead atoms. The number of nitrogens with one attached hydrogen (secondary N) is 1. The Labute approximate surface area is 175 Å².